The Labute approximate surface area is 104 Å². The van der Waals surface area contributed by atoms with Crippen LogP contribution in [-0.4, -0.2) is 9.78 Å². The Balaban J connectivity index is 2.28. The fraction of sp³-hybridized carbons (Fsp3) is 0.167. The van der Waals surface area contributed by atoms with Gasteiger partial charge in [-0.25, -0.2) is 0 Å². The highest BCUT2D eigenvalue weighted by molar-refractivity contribution is 7.99. The molecule has 1 aromatic carbocycles. The quantitative estimate of drug-likeness (QED) is 0.823. The van der Waals surface area contributed by atoms with Crippen molar-refractivity contribution in [3.8, 4) is 6.07 Å². The van der Waals surface area contributed by atoms with Gasteiger partial charge in [0.15, 0.2) is 0 Å². The molecule has 0 saturated carbocycles. The first-order valence-electron chi connectivity index (χ1n) is 5.08. The number of hydrogen-bond acceptors (Lipinski definition) is 4. The Bertz CT molecular complexity index is 595. The Kier molecular flexibility index (Phi) is 3.07. The molecule has 0 saturated heterocycles. The van der Waals surface area contributed by atoms with Crippen molar-refractivity contribution >= 4 is 17.4 Å². The average Bonchev–Trinajstić information content (AvgIpc) is 2.58. The normalized spacial score (nSPS) is 10.2. The number of nitriles is 1. The first-order valence-corrected chi connectivity index (χ1v) is 5.90. The number of benzene rings is 1. The predicted octanol–water partition coefficient (Wildman–Crippen LogP) is 2.33. The first kappa shape index (κ1) is 11.6. The van der Waals surface area contributed by atoms with Crippen molar-refractivity contribution in [2.24, 2.45) is 7.05 Å². The molecule has 4 nitrogen and oxygen atoms in total. The molecule has 2 rings (SSSR count). The van der Waals surface area contributed by atoms with Crippen molar-refractivity contribution in [2.45, 2.75) is 16.8 Å². The number of hydrogen-bond donors (Lipinski definition) is 1. The van der Waals surface area contributed by atoms with Crippen LogP contribution in [0.3, 0.4) is 0 Å². The van der Waals surface area contributed by atoms with E-state index in [1.807, 2.05) is 36.9 Å². The largest absolute Gasteiger partial charge is 0.398 e. The zero-order valence-electron chi connectivity index (χ0n) is 9.64. The second kappa shape index (κ2) is 4.52. The van der Waals surface area contributed by atoms with E-state index >= 15 is 0 Å². The summed E-state index contributed by atoms with van der Waals surface area (Å²) in [6, 6.07) is 9.50. The maximum absolute atomic E-state index is 8.80. The van der Waals surface area contributed by atoms with E-state index in [0.717, 1.165) is 15.6 Å². The van der Waals surface area contributed by atoms with Crippen LogP contribution in [0.1, 0.15) is 11.3 Å². The summed E-state index contributed by atoms with van der Waals surface area (Å²) in [5.41, 5.74) is 7.77. The van der Waals surface area contributed by atoms with Gasteiger partial charge in [-0.3, -0.25) is 4.68 Å². The van der Waals surface area contributed by atoms with Gasteiger partial charge in [0.05, 0.1) is 22.0 Å². The molecule has 0 aliphatic carbocycles. The lowest BCUT2D eigenvalue weighted by Crippen LogP contribution is -1.93. The minimum Gasteiger partial charge on any atom is -0.398 e. The molecule has 0 fully saturated rings. The van der Waals surface area contributed by atoms with Crippen LogP contribution in [0.5, 0.6) is 0 Å². The average molecular weight is 244 g/mol. The molecule has 0 atom stereocenters. The molecule has 0 radical (unpaired) electrons. The molecule has 2 N–H and O–H groups in total. The highest BCUT2D eigenvalue weighted by Gasteiger charge is 2.06. The van der Waals surface area contributed by atoms with E-state index < -0.39 is 0 Å². The monoisotopic (exact) mass is 244 g/mol. The van der Waals surface area contributed by atoms with E-state index in [-0.39, 0.29) is 0 Å². The maximum atomic E-state index is 8.80. The van der Waals surface area contributed by atoms with Crippen molar-refractivity contribution in [1.29, 1.82) is 5.26 Å². The summed E-state index contributed by atoms with van der Waals surface area (Å²) in [6.07, 6.45) is 0. The Morgan fingerprint density at radius 1 is 1.41 bits per heavy atom. The molecule has 0 bridgehead atoms. The van der Waals surface area contributed by atoms with Crippen LogP contribution in [0, 0.1) is 18.3 Å². The summed E-state index contributed by atoms with van der Waals surface area (Å²) < 4.78 is 1.83. The molecule has 0 spiro atoms. The molecule has 5 heteroatoms. The fourth-order valence-corrected chi connectivity index (χ4v) is 2.48. The third kappa shape index (κ3) is 2.43. The lowest BCUT2D eigenvalue weighted by atomic mass is 10.2. The number of nitrogens with zero attached hydrogens (tertiary/aromatic N) is 3. The smallest absolute Gasteiger partial charge is 0.101 e. The summed E-state index contributed by atoms with van der Waals surface area (Å²) in [4.78, 5) is 1.00. The van der Waals surface area contributed by atoms with Gasteiger partial charge in [-0.15, -0.1) is 0 Å². The number of aryl methyl sites for hydroxylation is 2. The van der Waals surface area contributed by atoms with Crippen LogP contribution in [0.4, 0.5) is 5.69 Å². The summed E-state index contributed by atoms with van der Waals surface area (Å²) in [6.45, 7) is 1.96. The van der Waals surface area contributed by atoms with E-state index in [9.17, 15) is 0 Å². The lowest BCUT2D eigenvalue weighted by molar-refractivity contribution is 0.692. The van der Waals surface area contributed by atoms with Crippen LogP contribution in [0.2, 0.25) is 0 Å². The zero-order valence-corrected chi connectivity index (χ0v) is 10.5. The molecule has 2 aromatic rings. The van der Waals surface area contributed by atoms with Gasteiger partial charge in [-0.1, -0.05) is 11.8 Å². The van der Waals surface area contributed by atoms with E-state index in [1.165, 1.54) is 0 Å². The van der Waals surface area contributed by atoms with Crippen molar-refractivity contribution in [1.82, 2.24) is 9.78 Å². The van der Waals surface area contributed by atoms with Gasteiger partial charge < -0.3 is 5.73 Å². The summed E-state index contributed by atoms with van der Waals surface area (Å²) in [7, 11) is 1.91. The van der Waals surface area contributed by atoms with Gasteiger partial charge in [0.1, 0.15) is 6.07 Å². The lowest BCUT2D eigenvalue weighted by Gasteiger charge is -2.03. The van der Waals surface area contributed by atoms with Gasteiger partial charge in [0.25, 0.3) is 0 Å². The second-order valence-corrected chi connectivity index (χ2v) is 4.80. The number of rotatable bonds is 2. The summed E-state index contributed by atoms with van der Waals surface area (Å²) in [5, 5.41) is 14.1. The van der Waals surface area contributed by atoms with E-state index in [2.05, 4.69) is 11.2 Å². The fourth-order valence-electron chi connectivity index (χ4n) is 1.51. The molecule has 0 aliphatic heterocycles. The maximum Gasteiger partial charge on any atom is 0.101 e. The molecule has 1 heterocycles. The zero-order chi connectivity index (χ0) is 12.4. The SMILES string of the molecule is Cc1cc(Sc2ccc(C#N)c(N)c2)n(C)n1. The number of anilines is 1. The number of nitrogens with two attached hydrogens (primary N) is 1. The Hall–Kier alpha value is -1.93. The molecule has 0 aliphatic rings. The topological polar surface area (TPSA) is 67.6 Å². The molecule has 0 amide bonds. The standard InChI is InChI=1S/C12H12N4S/c1-8-5-12(16(2)15-8)17-10-4-3-9(7-13)11(14)6-10/h3-6H,14H2,1-2H3. The third-order valence-corrected chi connectivity index (χ3v) is 3.41. The van der Waals surface area contributed by atoms with Crippen LogP contribution in [0.25, 0.3) is 0 Å². The van der Waals surface area contributed by atoms with Crippen molar-refractivity contribution < 1.29 is 0 Å². The highest BCUT2D eigenvalue weighted by atomic mass is 32.2. The van der Waals surface area contributed by atoms with Crippen molar-refractivity contribution in [3.05, 3.63) is 35.5 Å². The van der Waals surface area contributed by atoms with Gasteiger partial charge >= 0.3 is 0 Å². The summed E-state index contributed by atoms with van der Waals surface area (Å²) in [5.74, 6) is 0. The predicted molar refractivity (Wildman–Crippen MR) is 67.6 cm³/mol. The highest BCUT2D eigenvalue weighted by Crippen LogP contribution is 2.29. The van der Waals surface area contributed by atoms with Crippen LogP contribution < -0.4 is 5.73 Å². The molecular formula is C12H12N4S. The molecule has 1 aromatic heterocycles. The molecular weight excluding hydrogens is 232 g/mol. The van der Waals surface area contributed by atoms with E-state index in [0.29, 0.717) is 11.3 Å². The van der Waals surface area contributed by atoms with Crippen molar-refractivity contribution in [2.75, 3.05) is 5.73 Å². The van der Waals surface area contributed by atoms with Gasteiger partial charge in [-0.2, -0.15) is 10.4 Å². The minimum absolute atomic E-state index is 0.510. The Morgan fingerprint density at radius 2 is 2.18 bits per heavy atom. The summed E-state index contributed by atoms with van der Waals surface area (Å²) >= 11 is 1.58. The van der Waals surface area contributed by atoms with Gasteiger partial charge in [0, 0.05) is 11.9 Å². The van der Waals surface area contributed by atoms with Crippen LogP contribution in [-0.2, 0) is 7.05 Å². The molecule has 17 heavy (non-hydrogen) atoms. The van der Waals surface area contributed by atoms with E-state index in [1.54, 1.807) is 17.8 Å². The minimum atomic E-state index is 0.510. The van der Waals surface area contributed by atoms with Crippen molar-refractivity contribution in [3.63, 3.8) is 0 Å². The van der Waals surface area contributed by atoms with Crippen LogP contribution in [0.15, 0.2) is 34.2 Å². The molecule has 0 unspecified atom stereocenters. The first-order chi connectivity index (χ1) is 8.10. The molecule has 86 valence electrons. The van der Waals surface area contributed by atoms with Gasteiger partial charge in [-0.05, 0) is 31.2 Å². The van der Waals surface area contributed by atoms with Crippen LogP contribution >= 0.6 is 11.8 Å². The van der Waals surface area contributed by atoms with E-state index in [4.69, 9.17) is 11.0 Å². The number of aromatic nitrogens is 2. The number of nitrogen functional groups attached to an aromatic ring is 1. The second-order valence-electron chi connectivity index (χ2n) is 3.71. The third-order valence-electron chi connectivity index (χ3n) is 2.32. The Morgan fingerprint density at radius 3 is 2.71 bits per heavy atom. The van der Waals surface area contributed by atoms with Gasteiger partial charge in [0.2, 0.25) is 0 Å².